The van der Waals surface area contributed by atoms with Crippen LogP contribution >= 0.6 is 27.5 Å². The van der Waals surface area contributed by atoms with Crippen molar-refractivity contribution in [3.05, 3.63) is 27.7 Å². The SMILES string of the molecule is CCCCS(=O)(=O)Nc1ccc(Cl)cc1Br. The maximum atomic E-state index is 11.6. The lowest BCUT2D eigenvalue weighted by atomic mass is 10.3. The Morgan fingerprint density at radius 1 is 1.44 bits per heavy atom. The highest BCUT2D eigenvalue weighted by Crippen LogP contribution is 2.26. The Labute approximate surface area is 109 Å². The maximum Gasteiger partial charge on any atom is 0.232 e. The molecule has 0 saturated heterocycles. The summed E-state index contributed by atoms with van der Waals surface area (Å²) in [5.41, 5.74) is 0.514. The Kier molecular flexibility index (Phi) is 5.08. The number of anilines is 1. The van der Waals surface area contributed by atoms with Crippen molar-refractivity contribution in [1.82, 2.24) is 0 Å². The third kappa shape index (κ3) is 4.31. The molecule has 0 amide bonds. The molecule has 0 atom stereocenters. The minimum atomic E-state index is -3.26. The topological polar surface area (TPSA) is 46.2 Å². The highest BCUT2D eigenvalue weighted by atomic mass is 79.9. The van der Waals surface area contributed by atoms with E-state index in [1.807, 2.05) is 6.92 Å². The van der Waals surface area contributed by atoms with E-state index in [1.54, 1.807) is 18.2 Å². The van der Waals surface area contributed by atoms with Gasteiger partial charge in [0.05, 0.1) is 11.4 Å². The summed E-state index contributed by atoms with van der Waals surface area (Å²) >= 11 is 9.02. The van der Waals surface area contributed by atoms with Gasteiger partial charge in [-0.3, -0.25) is 4.72 Å². The van der Waals surface area contributed by atoms with Crippen molar-refractivity contribution in [2.24, 2.45) is 0 Å². The third-order valence-electron chi connectivity index (χ3n) is 1.96. The van der Waals surface area contributed by atoms with Gasteiger partial charge in [0.2, 0.25) is 10.0 Å². The predicted octanol–water partition coefficient (Wildman–Crippen LogP) is 3.64. The minimum absolute atomic E-state index is 0.137. The molecule has 0 fully saturated rings. The van der Waals surface area contributed by atoms with E-state index >= 15 is 0 Å². The molecular formula is C10H13BrClNO2S. The molecule has 1 rings (SSSR count). The van der Waals surface area contributed by atoms with Crippen LogP contribution in [0.3, 0.4) is 0 Å². The van der Waals surface area contributed by atoms with Crippen molar-refractivity contribution < 1.29 is 8.42 Å². The van der Waals surface area contributed by atoms with Gasteiger partial charge in [-0.15, -0.1) is 0 Å². The Bertz CT molecular complexity index is 462. The van der Waals surface area contributed by atoms with Crippen LogP contribution in [0, 0.1) is 0 Å². The van der Waals surface area contributed by atoms with Crippen LogP contribution in [0.1, 0.15) is 19.8 Å². The van der Waals surface area contributed by atoms with Crippen molar-refractivity contribution >= 4 is 43.2 Å². The van der Waals surface area contributed by atoms with E-state index in [-0.39, 0.29) is 5.75 Å². The van der Waals surface area contributed by atoms with Crippen LogP contribution in [0.4, 0.5) is 5.69 Å². The highest BCUT2D eigenvalue weighted by Gasteiger charge is 2.11. The molecule has 0 spiro atoms. The molecule has 0 bridgehead atoms. The first-order valence-electron chi connectivity index (χ1n) is 4.90. The van der Waals surface area contributed by atoms with Crippen molar-refractivity contribution in [1.29, 1.82) is 0 Å². The van der Waals surface area contributed by atoms with Crippen LogP contribution in [0.15, 0.2) is 22.7 Å². The summed E-state index contributed by atoms with van der Waals surface area (Å²) in [5.74, 6) is 0.137. The average molecular weight is 327 g/mol. The van der Waals surface area contributed by atoms with Gasteiger partial charge in [0.1, 0.15) is 0 Å². The van der Waals surface area contributed by atoms with Crippen molar-refractivity contribution in [2.75, 3.05) is 10.5 Å². The number of halogens is 2. The molecule has 16 heavy (non-hydrogen) atoms. The molecule has 3 nitrogen and oxygen atoms in total. The predicted molar refractivity (Wildman–Crippen MR) is 71.5 cm³/mol. The largest absolute Gasteiger partial charge is 0.282 e. The molecule has 0 aromatic heterocycles. The second kappa shape index (κ2) is 5.89. The summed E-state index contributed by atoms with van der Waals surface area (Å²) in [5, 5.41) is 0.559. The number of sulfonamides is 1. The molecule has 1 aromatic rings. The first-order chi connectivity index (χ1) is 7.44. The Morgan fingerprint density at radius 3 is 2.69 bits per heavy atom. The third-order valence-corrected chi connectivity index (χ3v) is 4.21. The van der Waals surface area contributed by atoms with E-state index < -0.39 is 10.0 Å². The van der Waals surface area contributed by atoms with E-state index in [1.165, 1.54) is 0 Å². The molecule has 0 aliphatic heterocycles. The fraction of sp³-hybridized carbons (Fsp3) is 0.400. The van der Waals surface area contributed by atoms with Gasteiger partial charge in [-0.25, -0.2) is 8.42 Å². The van der Waals surface area contributed by atoms with E-state index in [4.69, 9.17) is 11.6 Å². The molecular weight excluding hydrogens is 314 g/mol. The van der Waals surface area contributed by atoms with E-state index in [0.29, 0.717) is 21.6 Å². The van der Waals surface area contributed by atoms with Gasteiger partial charge in [0.15, 0.2) is 0 Å². The molecule has 90 valence electrons. The van der Waals surface area contributed by atoms with Gasteiger partial charge in [-0.2, -0.15) is 0 Å². The van der Waals surface area contributed by atoms with Gasteiger partial charge in [-0.05, 0) is 40.5 Å². The monoisotopic (exact) mass is 325 g/mol. The van der Waals surface area contributed by atoms with Gasteiger partial charge in [-0.1, -0.05) is 24.9 Å². The van der Waals surface area contributed by atoms with Gasteiger partial charge >= 0.3 is 0 Å². The van der Waals surface area contributed by atoms with Crippen molar-refractivity contribution in [3.63, 3.8) is 0 Å². The lowest BCUT2D eigenvalue weighted by Crippen LogP contribution is -2.16. The number of hydrogen-bond donors (Lipinski definition) is 1. The van der Waals surface area contributed by atoms with Crippen LogP contribution in [0.25, 0.3) is 0 Å². The standard InChI is InChI=1S/C10H13BrClNO2S/c1-2-3-6-16(14,15)13-10-5-4-8(12)7-9(10)11/h4-5,7,13H,2-3,6H2,1H3. The fourth-order valence-electron chi connectivity index (χ4n) is 1.13. The van der Waals surface area contributed by atoms with Crippen molar-refractivity contribution in [2.45, 2.75) is 19.8 Å². The van der Waals surface area contributed by atoms with E-state index in [0.717, 1.165) is 6.42 Å². The first-order valence-corrected chi connectivity index (χ1v) is 7.72. The number of unbranched alkanes of at least 4 members (excludes halogenated alkanes) is 1. The summed E-state index contributed by atoms with van der Waals surface area (Å²) in [4.78, 5) is 0. The van der Waals surface area contributed by atoms with Crippen LogP contribution in [-0.4, -0.2) is 14.2 Å². The van der Waals surface area contributed by atoms with Crippen LogP contribution in [0.5, 0.6) is 0 Å². The van der Waals surface area contributed by atoms with Crippen LogP contribution < -0.4 is 4.72 Å². The lowest BCUT2D eigenvalue weighted by molar-refractivity contribution is 0.598. The summed E-state index contributed by atoms with van der Waals surface area (Å²) < 4.78 is 26.4. The summed E-state index contributed by atoms with van der Waals surface area (Å²) in [6.45, 7) is 1.95. The quantitative estimate of drug-likeness (QED) is 0.898. The van der Waals surface area contributed by atoms with Gasteiger partial charge in [0.25, 0.3) is 0 Å². The van der Waals surface area contributed by atoms with Gasteiger partial charge < -0.3 is 0 Å². The van der Waals surface area contributed by atoms with Crippen LogP contribution in [0.2, 0.25) is 5.02 Å². The maximum absolute atomic E-state index is 11.6. The average Bonchev–Trinajstić information content (AvgIpc) is 2.19. The first kappa shape index (κ1) is 13.8. The molecule has 1 N–H and O–H groups in total. The normalized spacial score (nSPS) is 11.4. The summed E-state index contributed by atoms with van der Waals surface area (Å²) in [6.07, 6.45) is 1.50. The lowest BCUT2D eigenvalue weighted by Gasteiger charge is -2.09. The smallest absolute Gasteiger partial charge is 0.232 e. The second-order valence-corrected chi connectivity index (χ2v) is 6.53. The molecule has 0 saturated carbocycles. The van der Waals surface area contributed by atoms with Crippen molar-refractivity contribution in [3.8, 4) is 0 Å². The highest BCUT2D eigenvalue weighted by molar-refractivity contribution is 9.10. The fourth-order valence-corrected chi connectivity index (χ4v) is 3.32. The summed E-state index contributed by atoms with van der Waals surface area (Å²) in [6, 6.07) is 4.93. The number of hydrogen-bond acceptors (Lipinski definition) is 2. The molecule has 0 unspecified atom stereocenters. The molecule has 1 aromatic carbocycles. The Hall–Kier alpha value is -0.260. The number of rotatable bonds is 5. The molecule has 0 aliphatic carbocycles. The molecule has 0 radical (unpaired) electrons. The zero-order valence-electron chi connectivity index (χ0n) is 8.83. The van der Waals surface area contributed by atoms with Crippen LogP contribution in [-0.2, 0) is 10.0 Å². The van der Waals surface area contributed by atoms with E-state index in [2.05, 4.69) is 20.7 Å². The second-order valence-electron chi connectivity index (χ2n) is 3.40. The number of nitrogens with one attached hydrogen (secondary N) is 1. The van der Waals surface area contributed by atoms with Gasteiger partial charge in [0, 0.05) is 9.50 Å². The van der Waals surface area contributed by atoms with E-state index in [9.17, 15) is 8.42 Å². The summed E-state index contributed by atoms with van der Waals surface area (Å²) in [7, 11) is -3.26. The Morgan fingerprint density at radius 2 is 2.12 bits per heavy atom. The Balaban J connectivity index is 2.80. The molecule has 6 heteroatoms. The minimum Gasteiger partial charge on any atom is -0.282 e. The number of benzene rings is 1. The zero-order chi connectivity index (χ0) is 12.2. The molecule has 0 aliphatic rings. The molecule has 0 heterocycles. The zero-order valence-corrected chi connectivity index (χ0v) is 12.0.